The summed E-state index contributed by atoms with van der Waals surface area (Å²) in [6.45, 7) is 6.58. The summed E-state index contributed by atoms with van der Waals surface area (Å²) in [5, 5.41) is 0. The van der Waals surface area contributed by atoms with Gasteiger partial charge in [0.2, 0.25) is 0 Å². The minimum atomic E-state index is -0.229. The maximum atomic E-state index is 11.6. The smallest absolute Gasteiger partial charge is 0.306 e. The van der Waals surface area contributed by atoms with Crippen molar-refractivity contribution in [3.8, 4) is 0 Å². The third-order valence-electron chi connectivity index (χ3n) is 3.69. The fourth-order valence-electron chi connectivity index (χ4n) is 2.53. The molecule has 24 heavy (non-hydrogen) atoms. The van der Waals surface area contributed by atoms with Crippen molar-refractivity contribution < 1.29 is 19.1 Å². The normalized spacial score (nSPS) is 12.2. The zero-order valence-electron chi connectivity index (χ0n) is 15.7. The highest BCUT2D eigenvalue weighted by atomic mass is 35.5. The lowest BCUT2D eigenvalue weighted by Crippen LogP contribution is -2.17. The van der Waals surface area contributed by atoms with Crippen LogP contribution in [0, 0.1) is 5.92 Å². The lowest BCUT2D eigenvalue weighted by molar-refractivity contribution is -0.149. The first-order valence-electron chi connectivity index (χ1n) is 9.36. The van der Waals surface area contributed by atoms with Crippen molar-refractivity contribution in [2.24, 2.45) is 5.92 Å². The van der Waals surface area contributed by atoms with Gasteiger partial charge >= 0.3 is 11.9 Å². The fraction of sp³-hybridized carbons (Fsp3) is 0.895. The Morgan fingerprint density at radius 1 is 0.833 bits per heavy atom. The third kappa shape index (κ3) is 16.1. The monoisotopic (exact) mass is 362 g/mol. The lowest BCUT2D eigenvalue weighted by Gasteiger charge is -2.15. The van der Waals surface area contributed by atoms with E-state index in [1.165, 1.54) is 12.8 Å². The first-order chi connectivity index (χ1) is 11.5. The topological polar surface area (TPSA) is 52.6 Å². The summed E-state index contributed by atoms with van der Waals surface area (Å²) in [5.74, 6) is 0.790. The van der Waals surface area contributed by atoms with Crippen molar-refractivity contribution >= 4 is 23.5 Å². The molecule has 0 N–H and O–H groups in total. The first-order valence-corrected chi connectivity index (χ1v) is 9.90. The van der Waals surface area contributed by atoms with Crippen LogP contribution in [0.3, 0.4) is 0 Å². The second kappa shape index (κ2) is 15.7. The van der Waals surface area contributed by atoms with Crippen LogP contribution >= 0.6 is 11.6 Å². The van der Waals surface area contributed by atoms with Gasteiger partial charge in [0.1, 0.15) is 0 Å². The summed E-state index contributed by atoms with van der Waals surface area (Å²) < 4.78 is 10.5. The highest BCUT2D eigenvalue weighted by Crippen LogP contribution is 2.10. The number of rotatable bonds is 15. The number of hydrogen-bond acceptors (Lipinski definition) is 4. The Balaban J connectivity index is 3.47. The first kappa shape index (κ1) is 23.2. The Morgan fingerprint density at radius 3 is 2.04 bits per heavy atom. The largest absolute Gasteiger partial charge is 0.466 e. The Hall–Kier alpha value is -0.770. The van der Waals surface area contributed by atoms with E-state index in [9.17, 15) is 9.59 Å². The van der Waals surface area contributed by atoms with E-state index in [1.54, 1.807) is 0 Å². The Morgan fingerprint density at radius 2 is 1.42 bits per heavy atom. The Kier molecular flexibility index (Phi) is 15.2. The molecule has 0 saturated heterocycles. The molecule has 1 atom stereocenters. The molecule has 0 amide bonds. The molecule has 5 heteroatoms. The van der Waals surface area contributed by atoms with E-state index >= 15 is 0 Å². The quantitative estimate of drug-likeness (QED) is 0.226. The standard InChI is InChI=1S/C19H35ClO4/c1-16(2)15-17(3)24-19(22)12-10-11-18(21)23-14-9-7-5-4-6-8-13-20/h16-17H,4-15H2,1-3H3. The summed E-state index contributed by atoms with van der Waals surface area (Å²) in [6.07, 6.45) is 8.44. The van der Waals surface area contributed by atoms with Gasteiger partial charge in [0.05, 0.1) is 12.7 Å². The molecule has 0 heterocycles. The van der Waals surface area contributed by atoms with Crippen molar-refractivity contribution in [1.82, 2.24) is 0 Å². The summed E-state index contributed by atoms with van der Waals surface area (Å²) in [7, 11) is 0. The molecule has 1 unspecified atom stereocenters. The van der Waals surface area contributed by atoms with Crippen molar-refractivity contribution in [3.63, 3.8) is 0 Å². The lowest BCUT2D eigenvalue weighted by atomic mass is 10.1. The van der Waals surface area contributed by atoms with Gasteiger partial charge in [-0.15, -0.1) is 11.6 Å². The summed E-state index contributed by atoms with van der Waals surface area (Å²) in [4.78, 5) is 23.2. The maximum absolute atomic E-state index is 11.6. The predicted octanol–water partition coefficient (Wildman–Crippen LogP) is 5.26. The second-order valence-electron chi connectivity index (χ2n) is 6.81. The Labute approximate surface area is 152 Å². The number of alkyl halides is 1. The van der Waals surface area contributed by atoms with Crippen molar-refractivity contribution in [2.75, 3.05) is 12.5 Å². The van der Waals surface area contributed by atoms with Gasteiger partial charge < -0.3 is 9.47 Å². The van der Waals surface area contributed by atoms with Gasteiger partial charge in [-0.3, -0.25) is 9.59 Å². The van der Waals surface area contributed by atoms with Gasteiger partial charge in [-0.1, -0.05) is 39.5 Å². The highest BCUT2D eigenvalue weighted by molar-refractivity contribution is 6.17. The molecule has 0 rings (SSSR count). The van der Waals surface area contributed by atoms with Crippen LogP contribution in [0.5, 0.6) is 0 Å². The van der Waals surface area contributed by atoms with Gasteiger partial charge in [-0.05, 0) is 38.5 Å². The summed E-state index contributed by atoms with van der Waals surface area (Å²) in [5.41, 5.74) is 0. The predicted molar refractivity (Wildman–Crippen MR) is 98.2 cm³/mol. The van der Waals surface area contributed by atoms with E-state index in [-0.39, 0.29) is 30.9 Å². The van der Waals surface area contributed by atoms with Gasteiger partial charge in [0, 0.05) is 18.7 Å². The zero-order valence-corrected chi connectivity index (χ0v) is 16.4. The molecular formula is C19H35ClO4. The van der Waals surface area contributed by atoms with Gasteiger partial charge in [0.25, 0.3) is 0 Å². The highest BCUT2D eigenvalue weighted by Gasteiger charge is 2.12. The molecule has 0 saturated carbocycles. The van der Waals surface area contributed by atoms with E-state index in [0.29, 0.717) is 18.9 Å². The summed E-state index contributed by atoms with van der Waals surface area (Å²) >= 11 is 5.62. The van der Waals surface area contributed by atoms with E-state index in [0.717, 1.165) is 38.0 Å². The van der Waals surface area contributed by atoms with E-state index in [4.69, 9.17) is 21.1 Å². The molecule has 0 aromatic heterocycles. The van der Waals surface area contributed by atoms with Gasteiger partial charge in [0.15, 0.2) is 0 Å². The van der Waals surface area contributed by atoms with Crippen molar-refractivity contribution in [2.45, 2.75) is 91.1 Å². The number of ether oxygens (including phenoxy) is 2. The number of carbonyl (C=O) groups is 2. The molecular weight excluding hydrogens is 328 g/mol. The molecule has 4 nitrogen and oxygen atoms in total. The Bertz CT molecular complexity index is 331. The van der Waals surface area contributed by atoms with Gasteiger partial charge in [-0.2, -0.15) is 0 Å². The van der Waals surface area contributed by atoms with Crippen molar-refractivity contribution in [3.05, 3.63) is 0 Å². The number of esters is 2. The van der Waals surface area contributed by atoms with Crippen LogP contribution in [0.25, 0.3) is 0 Å². The minimum Gasteiger partial charge on any atom is -0.466 e. The summed E-state index contributed by atoms with van der Waals surface area (Å²) in [6, 6.07) is 0. The van der Waals surface area contributed by atoms with E-state index in [2.05, 4.69) is 13.8 Å². The minimum absolute atomic E-state index is 0.0612. The molecule has 0 bridgehead atoms. The van der Waals surface area contributed by atoms with Crippen LogP contribution in [0.2, 0.25) is 0 Å². The molecule has 0 aliphatic carbocycles. The molecule has 0 spiro atoms. The molecule has 0 fully saturated rings. The van der Waals surface area contributed by atoms with Crippen LogP contribution in [-0.4, -0.2) is 30.5 Å². The fourth-order valence-corrected chi connectivity index (χ4v) is 2.72. The molecule has 0 radical (unpaired) electrons. The number of unbranched alkanes of at least 4 members (excludes halogenated alkanes) is 5. The van der Waals surface area contributed by atoms with E-state index in [1.807, 2.05) is 6.92 Å². The van der Waals surface area contributed by atoms with Crippen molar-refractivity contribution in [1.29, 1.82) is 0 Å². The number of carbonyl (C=O) groups excluding carboxylic acids is 2. The molecule has 0 aliphatic rings. The maximum Gasteiger partial charge on any atom is 0.306 e. The third-order valence-corrected chi connectivity index (χ3v) is 3.96. The van der Waals surface area contributed by atoms with Crippen LogP contribution < -0.4 is 0 Å². The van der Waals surface area contributed by atoms with Crippen LogP contribution in [0.4, 0.5) is 0 Å². The van der Waals surface area contributed by atoms with Crippen LogP contribution in [0.15, 0.2) is 0 Å². The van der Waals surface area contributed by atoms with Crippen LogP contribution in [-0.2, 0) is 19.1 Å². The van der Waals surface area contributed by atoms with Gasteiger partial charge in [-0.25, -0.2) is 0 Å². The zero-order chi connectivity index (χ0) is 18.2. The molecule has 0 aliphatic heterocycles. The average molecular weight is 363 g/mol. The number of halogens is 1. The number of hydrogen-bond donors (Lipinski definition) is 0. The molecule has 0 aromatic carbocycles. The van der Waals surface area contributed by atoms with E-state index < -0.39 is 0 Å². The van der Waals surface area contributed by atoms with Crippen LogP contribution in [0.1, 0.15) is 85.0 Å². The molecule has 142 valence electrons. The average Bonchev–Trinajstić information content (AvgIpc) is 2.49. The second-order valence-corrected chi connectivity index (χ2v) is 7.19. The molecule has 0 aromatic rings. The SMILES string of the molecule is CC(C)CC(C)OC(=O)CCCC(=O)OCCCCCCCCCl.